The Kier molecular flexibility index (Phi) is 3.42. The Hall–Kier alpha value is 0.180. The van der Waals surface area contributed by atoms with E-state index in [4.69, 9.17) is 0 Å². The number of hydrogen-bond donors (Lipinski definition) is 0. The molecule has 19 heavy (non-hydrogen) atoms. The van der Waals surface area contributed by atoms with Crippen LogP contribution in [0.2, 0.25) is 0 Å². The molecule has 1 unspecified atom stereocenters. The molecule has 2 aliphatic carbocycles. The normalized spacial score (nSPS) is 36.4. The molecule has 0 aromatic rings. The van der Waals surface area contributed by atoms with Crippen LogP contribution in [0.3, 0.4) is 0 Å². The zero-order valence-corrected chi connectivity index (χ0v) is 14.3. The molecule has 3 aliphatic rings. The Morgan fingerprint density at radius 1 is 1.11 bits per heavy atom. The lowest BCUT2D eigenvalue weighted by Gasteiger charge is -2.56. The summed E-state index contributed by atoms with van der Waals surface area (Å²) in [7, 11) is 0. The molecule has 0 aromatic heterocycles. The number of thioether (sulfide) groups is 2. The van der Waals surface area contributed by atoms with E-state index in [1.54, 1.807) is 11.1 Å². The third-order valence-corrected chi connectivity index (χ3v) is 8.98. The third-order valence-electron chi connectivity index (χ3n) is 5.70. The first kappa shape index (κ1) is 14.1. The van der Waals surface area contributed by atoms with E-state index < -0.39 is 0 Å². The second kappa shape index (κ2) is 4.59. The molecule has 3 rings (SSSR count). The van der Waals surface area contributed by atoms with Crippen LogP contribution in [0, 0.1) is 10.8 Å². The Bertz CT molecular complexity index is 438. The Labute approximate surface area is 126 Å². The van der Waals surface area contributed by atoms with Crippen LogP contribution in [0.5, 0.6) is 0 Å². The zero-order valence-electron chi connectivity index (χ0n) is 12.7. The summed E-state index contributed by atoms with van der Waals surface area (Å²) in [4.78, 5) is 0. The van der Waals surface area contributed by atoms with Crippen LogP contribution in [-0.2, 0) is 0 Å². The molecule has 1 atom stereocenters. The molecule has 1 aliphatic heterocycles. The van der Waals surface area contributed by atoms with E-state index in [-0.39, 0.29) is 0 Å². The van der Waals surface area contributed by atoms with Gasteiger partial charge in [0.1, 0.15) is 0 Å². The molecule has 0 N–H and O–H groups in total. The highest BCUT2D eigenvalue weighted by molar-refractivity contribution is 8.21. The van der Waals surface area contributed by atoms with Crippen molar-refractivity contribution >= 4 is 23.5 Å². The summed E-state index contributed by atoms with van der Waals surface area (Å²) in [6.07, 6.45) is 10.4. The number of rotatable bonds is 0. The minimum Gasteiger partial charge on any atom is -0.139 e. The monoisotopic (exact) mass is 294 g/mol. The fourth-order valence-electron chi connectivity index (χ4n) is 4.43. The van der Waals surface area contributed by atoms with E-state index in [0.29, 0.717) is 14.9 Å². The fraction of sp³-hybridized carbons (Fsp3) is 0.765. The van der Waals surface area contributed by atoms with Gasteiger partial charge >= 0.3 is 0 Å². The molecule has 0 saturated carbocycles. The predicted molar refractivity (Wildman–Crippen MR) is 89.8 cm³/mol. The average Bonchev–Trinajstić information content (AvgIpc) is 2.75. The van der Waals surface area contributed by atoms with Crippen molar-refractivity contribution in [2.75, 3.05) is 11.5 Å². The third kappa shape index (κ3) is 2.14. The van der Waals surface area contributed by atoms with Gasteiger partial charge in [-0.25, -0.2) is 0 Å². The summed E-state index contributed by atoms with van der Waals surface area (Å²) in [5, 5.41) is 0. The topological polar surface area (TPSA) is 0 Å². The maximum absolute atomic E-state index is 2.65. The summed E-state index contributed by atoms with van der Waals surface area (Å²) in [6.45, 7) is 9.76. The standard InChI is InChI=1S/C17H26S2/c1-13-5-7-16(8-6-13)14(2)11-17(12-15(16,3)4)18-9-10-19-17/h5,11H,6-10,12H2,1-4H3. The Morgan fingerprint density at radius 2 is 1.79 bits per heavy atom. The number of hydrogen-bond acceptors (Lipinski definition) is 2. The molecular formula is C17H26S2. The summed E-state index contributed by atoms with van der Waals surface area (Å²) in [5.74, 6) is 2.66. The Balaban J connectivity index is 2.01. The molecule has 0 nitrogen and oxygen atoms in total. The van der Waals surface area contributed by atoms with Crippen molar-refractivity contribution < 1.29 is 0 Å². The molecule has 106 valence electrons. The summed E-state index contributed by atoms with van der Waals surface area (Å²) in [5.41, 5.74) is 4.13. The van der Waals surface area contributed by atoms with Gasteiger partial charge in [-0.1, -0.05) is 37.1 Å². The quantitative estimate of drug-likeness (QED) is 0.529. The van der Waals surface area contributed by atoms with E-state index in [0.717, 1.165) is 0 Å². The summed E-state index contributed by atoms with van der Waals surface area (Å²) >= 11 is 4.38. The smallest absolute Gasteiger partial charge is 0.0800 e. The van der Waals surface area contributed by atoms with Crippen molar-refractivity contribution in [2.24, 2.45) is 10.8 Å². The maximum atomic E-state index is 2.65. The average molecular weight is 295 g/mol. The van der Waals surface area contributed by atoms with Crippen molar-refractivity contribution in [3.8, 4) is 0 Å². The highest BCUT2D eigenvalue weighted by atomic mass is 32.2. The van der Waals surface area contributed by atoms with E-state index in [1.165, 1.54) is 37.2 Å². The van der Waals surface area contributed by atoms with Gasteiger partial charge in [-0.15, -0.1) is 23.5 Å². The van der Waals surface area contributed by atoms with Gasteiger partial charge in [0.05, 0.1) is 4.08 Å². The lowest BCUT2D eigenvalue weighted by molar-refractivity contribution is 0.0739. The van der Waals surface area contributed by atoms with Crippen LogP contribution in [0.15, 0.2) is 23.3 Å². The van der Waals surface area contributed by atoms with Crippen LogP contribution in [0.4, 0.5) is 0 Å². The second-order valence-corrected chi connectivity index (χ2v) is 10.3. The first-order valence-corrected chi connectivity index (χ1v) is 9.50. The largest absolute Gasteiger partial charge is 0.139 e. The van der Waals surface area contributed by atoms with Crippen molar-refractivity contribution in [3.63, 3.8) is 0 Å². The van der Waals surface area contributed by atoms with Gasteiger partial charge in [-0.3, -0.25) is 0 Å². The molecule has 0 bridgehead atoms. The lowest BCUT2D eigenvalue weighted by Crippen LogP contribution is -2.47. The van der Waals surface area contributed by atoms with Gasteiger partial charge in [0.2, 0.25) is 0 Å². The maximum Gasteiger partial charge on any atom is 0.0800 e. The summed E-state index contributed by atoms with van der Waals surface area (Å²) in [6, 6.07) is 0. The van der Waals surface area contributed by atoms with Crippen LogP contribution >= 0.6 is 23.5 Å². The Morgan fingerprint density at radius 3 is 2.32 bits per heavy atom. The van der Waals surface area contributed by atoms with Crippen LogP contribution < -0.4 is 0 Å². The second-order valence-electron chi connectivity index (χ2n) is 7.23. The van der Waals surface area contributed by atoms with E-state index in [1.807, 2.05) is 0 Å². The molecular weight excluding hydrogens is 268 g/mol. The van der Waals surface area contributed by atoms with Gasteiger partial charge in [-0.05, 0) is 50.4 Å². The van der Waals surface area contributed by atoms with E-state index in [9.17, 15) is 0 Å². The SMILES string of the molecule is CC1=CCC2(CC1)C(C)=CC1(CC2(C)C)SCCS1. The van der Waals surface area contributed by atoms with Crippen molar-refractivity contribution in [1.82, 2.24) is 0 Å². The predicted octanol–water partition coefficient (Wildman–Crippen LogP) is 5.66. The van der Waals surface area contributed by atoms with Crippen LogP contribution in [0.25, 0.3) is 0 Å². The van der Waals surface area contributed by atoms with Crippen molar-refractivity contribution in [3.05, 3.63) is 23.3 Å². The minimum absolute atomic E-state index is 0.398. The molecule has 0 amide bonds. The molecule has 1 saturated heterocycles. The van der Waals surface area contributed by atoms with Crippen molar-refractivity contribution in [1.29, 1.82) is 0 Å². The molecule has 2 spiro atoms. The molecule has 0 radical (unpaired) electrons. The molecule has 1 heterocycles. The highest BCUT2D eigenvalue weighted by Gasteiger charge is 2.54. The molecule has 2 heteroatoms. The fourth-order valence-corrected chi connectivity index (χ4v) is 8.07. The lowest BCUT2D eigenvalue weighted by atomic mass is 9.52. The first-order valence-electron chi connectivity index (χ1n) is 7.53. The summed E-state index contributed by atoms with van der Waals surface area (Å²) < 4.78 is 0.398. The van der Waals surface area contributed by atoms with E-state index in [2.05, 4.69) is 63.4 Å². The van der Waals surface area contributed by atoms with Gasteiger partial charge in [0.25, 0.3) is 0 Å². The van der Waals surface area contributed by atoms with Gasteiger partial charge in [0.15, 0.2) is 0 Å². The minimum atomic E-state index is 0.398. The van der Waals surface area contributed by atoms with E-state index >= 15 is 0 Å². The first-order chi connectivity index (χ1) is 8.89. The zero-order chi connectivity index (χ0) is 13.7. The molecule has 1 fully saturated rings. The van der Waals surface area contributed by atoms with Gasteiger partial charge < -0.3 is 0 Å². The van der Waals surface area contributed by atoms with Gasteiger partial charge in [-0.2, -0.15) is 0 Å². The highest BCUT2D eigenvalue weighted by Crippen LogP contribution is 2.65. The van der Waals surface area contributed by atoms with Gasteiger partial charge in [0, 0.05) is 11.5 Å². The number of allylic oxidation sites excluding steroid dienone is 3. The molecule has 0 aromatic carbocycles. The van der Waals surface area contributed by atoms with Crippen molar-refractivity contribution in [2.45, 2.75) is 57.5 Å². The van der Waals surface area contributed by atoms with Crippen LogP contribution in [-0.4, -0.2) is 15.6 Å². The van der Waals surface area contributed by atoms with Crippen LogP contribution in [0.1, 0.15) is 53.4 Å².